The first kappa shape index (κ1) is 19.4. The molecule has 2 fully saturated rings. The van der Waals surface area contributed by atoms with Crippen LogP contribution in [-0.4, -0.2) is 55.0 Å². The van der Waals surface area contributed by atoms with Crippen molar-refractivity contribution in [3.8, 4) is 0 Å². The second kappa shape index (κ2) is 7.92. The lowest BCUT2D eigenvalue weighted by molar-refractivity contribution is 0.0835. The molecule has 0 amide bonds. The van der Waals surface area contributed by atoms with E-state index in [9.17, 15) is 4.79 Å². The van der Waals surface area contributed by atoms with E-state index in [1.165, 1.54) is 0 Å². The van der Waals surface area contributed by atoms with Crippen molar-refractivity contribution in [2.45, 2.75) is 51.1 Å². The van der Waals surface area contributed by atoms with Crippen LogP contribution in [0.15, 0.2) is 35.6 Å². The first-order valence-corrected chi connectivity index (χ1v) is 10.8. The van der Waals surface area contributed by atoms with Crippen molar-refractivity contribution in [3.05, 3.63) is 58.6 Å². The molecule has 0 spiro atoms. The molecule has 0 bridgehead atoms. The summed E-state index contributed by atoms with van der Waals surface area (Å²) in [5.74, 6) is 2.79. The van der Waals surface area contributed by atoms with Crippen LogP contribution in [0.4, 0.5) is 0 Å². The number of likely N-dealkylation sites (tertiary alicyclic amines) is 1. The molecule has 8 heteroatoms. The second-order valence-electron chi connectivity index (χ2n) is 8.63. The Morgan fingerprint density at radius 3 is 2.70 bits per heavy atom. The van der Waals surface area contributed by atoms with Gasteiger partial charge in [0.05, 0.1) is 12.7 Å². The summed E-state index contributed by atoms with van der Waals surface area (Å²) in [5.41, 5.74) is 1.53. The highest BCUT2D eigenvalue weighted by Crippen LogP contribution is 2.37. The number of hydrogen-bond donors (Lipinski definition) is 1. The van der Waals surface area contributed by atoms with Crippen molar-refractivity contribution < 1.29 is 4.74 Å². The Bertz CT molecular complexity index is 1070. The second-order valence-corrected chi connectivity index (χ2v) is 8.63. The molecular formula is C22H28N6O2. The van der Waals surface area contributed by atoms with Crippen molar-refractivity contribution in [2.75, 3.05) is 19.8 Å². The average molecular weight is 409 g/mol. The van der Waals surface area contributed by atoms with Crippen molar-refractivity contribution in [1.82, 2.24) is 29.2 Å². The van der Waals surface area contributed by atoms with Gasteiger partial charge in [0.25, 0.3) is 5.56 Å². The molecule has 158 valence electrons. The summed E-state index contributed by atoms with van der Waals surface area (Å²) in [4.78, 5) is 31.8. The van der Waals surface area contributed by atoms with E-state index in [0.717, 1.165) is 49.9 Å². The van der Waals surface area contributed by atoms with Crippen molar-refractivity contribution in [1.29, 1.82) is 0 Å². The largest absolute Gasteiger partial charge is 0.381 e. The lowest BCUT2D eigenvalue weighted by atomic mass is 9.90. The van der Waals surface area contributed by atoms with Gasteiger partial charge in [0, 0.05) is 61.9 Å². The van der Waals surface area contributed by atoms with Gasteiger partial charge in [-0.3, -0.25) is 14.1 Å². The number of nitrogens with zero attached hydrogens (tertiary/aromatic N) is 5. The van der Waals surface area contributed by atoms with Crippen LogP contribution in [0.1, 0.15) is 55.9 Å². The fraction of sp³-hybridized carbons (Fsp3) is 0.545. The maximum Gasteiger partial charge on any atom is 0.274 e. The number of imidazole rings is 1. The molecular weight excluding hydrogens is 380 g/mol. The van der Waals surface area contributed by atoms with E-state index < -0.39 is 0 Å². The third-order valence-corrected chi connectivity index (χ3v) is 6.72. The predicted octanol–water partition coefficient (Wildman–Crippen LogP) is 2.33. The lowest BCUT2D eigenvalue weighted by Gasteiger charge is -2.25. The highest BCUT2D eigenvalue weighted by atomic mass is 16.5. The van der Waals surface area contributed by atoms with Gasteiger partial charge in [-0.1, -0.05) is 6.92 Å². The molecule has 2 saturated heterocycles. The van der Waals surface area contributed by atoms with Gasteiger partial charge in [-0.15, -0.1) is 0 Å². The van der Waals surface area contributed by atoms with Crippen molar-refractivity contribution in [2.24, 2.45) is 5.92 Å². The average Bonchev–Trinajstić information content (AvgIpc) is 3.30. The smallest absolute Gasteiger partial charge is 0.274 e. The van der Waals surface area contributed by atoms with Gasteiger partial charge in [0.15, 0.2) is 0 Å². The number of aromatic nitrogens is 5. The van der Waals surface area contributed by atoms with E-state index in [2.05, 4.69) is 44.9 Å². The predicted molar refractivity (Wildman–Crippen MR) is 112 cm³/mol. The molecule has 2 aliphatic heterocycles. The molecule has 0 saturated carbocycles. The summed E-state index contributed by atoms with van der Waals surface area (Å²) in [6.45, 7) is 7.65. The molecule has 30 heavy (non-hydrogen) atoms. The molecule has 2 aliphatic rings. The number of hydrogen-bond acceptors (Lipinski definition) is 6. The van der Waals surface area contributed by atoms with Crippen LogP contribution in [-0.2, 0) is 11.3 Å². The van der Waals surface area contributed by atoms with E-state index in [1.54, 1.807) is 18.6 Å². The SMILES string of the molecule is C[C@@H]1CN(Cc2ncccn2)[C@@H](C)[C@H]1c1cn2c(C3CCOCC3)ncc2c(=O)[nH]1. The van der Waals surface area contributed by atoms with E-state index in [0.29, 0.717) is 23.9 Å². The summed E-state index contributed by atoms with van der Waals surface area (Å²) in [5, 5.41) is 0. The molecule has 0 unspecified atom stereocenters. The van der Waals surface area contributed by atoms with Crippen molar-refractivity contribution in [3.63, 3.8) is 0 Å². The normalized spacial score (nSPS) is 25.9. The number of fused-ring (bicyclic) bond motifs is 1. The van der Waals surface area contributed by atoms with E-state index >= 15 is 0 Å². The molecule has 0 aliphatic carbocycles. The minimum absolute atomic E-state index is 0.0671. The Morgan fingerprint density at radius 2 is 1.93 bits per heavy atom. The topological polar surface area (TPSA) is 88.4 Å². The quantitative estimate of drug-likeness (QED) is 0.713. The van der Waals surface area contributed by atoms with E-state index in [-0.39, 0.29) is 17.5 Å². The summed E-state index contributed by atoms with van der Waals surface area (Å²) in [6, 6.07) is 2.11. The van der Waals surface area contributed by atoms with E-state index in [4.69, 9.17) is 4.74 Å². The zero-order valence-electron chi connectivity index (χ0n) is 17.5. The highest BCUT2D eigenvalue weighted by molar-refractivity contribution is 5.45. The van der Waals surface area contributed by atoms with Crippen LogP contribution in [0.25, 0.3) is 5.52 Å². The number of H-pyrrole nitrogens is 1. The standard InChI is InChI=1S/C22H28N6O2/c1-14-11-27(13-19-23-6-3-7-24-19)15(2)20(14)17-12-28-18(22(29)26-17)10-25-21(28)16-4-8-30-9-5-16/h3,6-7,10,12,14-16,20H,4-5,8-9,11,13H2,1-2H3,(H,26,29)/t14-,15+,20+/m1/s1. The van der Waals surface area contributed by atoms with Gasteiger partial charge in [-0.2, -0.15) is 0 Å². The van der Waals surface area contributed by atoms with Crippen LogP contribution in [0.3, 0.4) is 0 Å². The highest BCUT2D eigenvalue weighted by Gasteiger charge is 2.39. The number of ether oxygens (including phenoxy) is 1. The summed E-state index contributed by atoms with van der Waals surface area (Å²) >= 11 is 0. The van der Waals surface area contributed by atoms with Gasteiger partial charge in [-0.05, 0) is 31.7 Å². The minimum atomic E-state index is -0.0671. The Balaban J connectivity index is 1.47. The fourth-order valence-electron chi connectivity index (χ4n) is 5.19. The molecule has 5 heterocycles. The van der Waals surface area contributed by atoms with Crippen molar-refractivity contribution >= 4 is 5.52 Å². The maximum absolute atomic E-state index is 12.9. The van der Waals surface area contributed by atoms with Gasteiger partial charge in [-0.25, -0.2) is 15.0 Å². The lowest BCUT2D eigenvalue weighted by Crippen LogP contribution is -2.30. The van der Waals surface area contributed by atoms with Crippen LogP contribution in [0.5, 0.6) is 0 Å². The Hall–Kier alpha value is -2.58. The first-order valence-electron chi connectivity index (χ1n) is 10.8. The molecule has 5 rings (SSSR count). The molecule has 0 aromatic carbocycles. The molecule has 3 aromatic heterocycles. The zero-order valence-corrected chi connectivity index (χ0v) is 17.5. The summed E-state index contributed by atoms with van der Waals surface area (Å²) in [7, 11) is 0. The molecule has 3 atom stereocenters. The van der Waals surface area contributed by atoms with Crippen LogP contribution in [0.2, 0.25) is 0 Å². The van der Waals surface area contributed by atoms with Gasteiger partial charge >= 0.3 is 0 Å². The fourth-order valence-corrected chi connectivity index (χ4v) is 5.19. The van der Waals surface area contributed by atoms with E-state index in [1.807, 2.05) is 10.5 Å². The Morgan fingerprint density at radius 1 is 1.17 bits per heavy atom. The zero-order chi connectivity index (χ0) is 20.7. The number of rotatable bonds is 4. The van der Waals surface area contributed by atoms with Gasteiger partial charge in [0.1, 0.15) is 17.2 Å². The van der Waals surface area contributed by atoms with Gasteiger partial charge < -0.3 is 9.72 Å². The third-order valence-electron chi connectivity index (χ3n) is 6.72. The molecule has 0 radical (unpaired) electrons. The number of aromatic amines is 1. The van der Waals surface area contributed by atoms with Gasteiger partial charge in [0.2, 0.25) is 0 Å². The van der Waals surface area contributed by atoms with Crippen LogP contribution >= 0.6 is 0 Å². The molecule has 1 N–H and O–H groups in total. The molecule has 8 nitrogen and oxygen atoms in total. The summed E-state index contributed by atoms with van der Waals surface area (Å²) < 4.78 is 7.53. The first-order chi connectivity index (χ1) is 14.6. The van der Waals surface area contributed by atoms with Crippen LogP contribution in [0, 0.1) is 5.92 Å². The Labute approximate surface area is 175 Å². The maximum atomic E-state index is 12.9. The third kappa shape index (κ3) is 3.44. The number of nitrogens with one attached hydrogen (secondary N) is 1. The monoisotopic (exact) mass is 408 g/mol. The molecule has 3 aromatic rings. The van der Waals surface area contributed by atoms with Crippen LogP contribution < -0.4 is 5.56 Å². The Kier molecular flexibility index (Phi) is 5.12. The summed E-state index contributed by atoms with van der Waals surface area (Å²) in [6.07, 6.45) is 9.27. The minimum Gasteiger partial charge on any atom is -0.381 e.